The molecule has 2 saturated heterocycles. The van der Waals surface area contributed by atoms with E-state index in [1.54, 1.807) is 11.1 Å². The van der Waals surface area contributed by atoms with E-state index in [1.807, 2.05) is 40.0 Å². The average Bonchev–Trinajstić information content (AvgIpc) is 2.81. The Morgan fingerprint density at radius 2 is 1.79 bits per heavy atom. The normalized spacial score (nSPS) is 24.5. The summed E-state index contributed by atoms with van der Waals surface area (Å²) >= 11 is 0. The van der Waals surface area contributed by atoms with Crippen LogP contribution in [-0.4, -0.2) is 65.1 Å². The lowest BCUT2D eigenvalue weighted by Crippen LogP contribution is -2.59. The van der Waals surface area contributed by atoms with Crippen molar-refractivity contribution in [1.29, 1.82) is 0 Å². The zero-order valence-corrected chi connectivity index (χ0v) is 18.0. The van der Waals surface area contributed by atoms with E-state index in [-0.39, 0.29) is 11.5 Å². The summed E-state index contributed by atoms with van der Waals surface area (Å²) in [7, 11) is -0.462. The van der Waals surface area contributed by atoms with Crippen LogP contribution in [-0.2, 0) is 9.31 Å². The molecule has 3 heterocycles. The van der Waals surface area contributed by atoms with Crippen molar-refractivity contribution >= 4 is 24.4 Å². The maximum Gasteiger partial charge on any atom is 0.496 e. The minimum atomic E-state index is -0.858. The van der Waals surface area contributed by atoms with Crippen LogP contribution in [0.2, 0.25) is 0 Å². The number of carbonyl (C=O) groups is 1. The monoisotopic (exact) mass is 389 g/mol. The van der Waals surface area contributed by atoms with Crippen molar-refractivity contribution in [3.05, 3.63) is 18.5 Å². The second kappa shape index (κ2) is 6.92. The number of hydrogen-bond acceptors (Lipinski definition) is 5. The molecule has 2 aliphatic rings. The molecule has 8 heteroatoms. The fourth-order valence-electron chi connectivity index (χ4n) is 3.71. The number of nitrogens with zero attached hydrogens (tertiary/aromatic N) is 3. The van der Waals surface area contributed by atoms with Gasteiger partial charge in [-0.2, -0.15) is 0 Å². The first kappa shape index (κ1) is 20.9. The van der Waals surface area contributed by atoms with Crippen LogP contribution in [0.25, 0.3) is 0 Å². The number of hydrogen-bond donors (Lipinski definition) is 1. The highest BCUT2D eigenvalue weighted by Crippen LogP contribution is 2.36. The maximum atomic E-state index is 11.7. The molecule has 2 fully saturated rings. The molecule has 1 aromatic rings. The molecule has 7 nitrogen and oxygen atoms in total. The van der Waals surface area contributed by atoms with Crippen molar-refractivity contribution in [3.8, 4) is 0 Å². The molecule has 1 atom stereocenters. The number of amides is 1. The van der Waals surface area contributed by atoms with Gasteiger partial charge in [0, 0.05) is 31.3 Å². The lowest BCUT2D eigenvalue weighted by molar-refractivity contribution is 0.00578. The van der Waals surface area contributed by atoms with E-state index >= 15 is 0 Å². The third-order valence-corrected chi connectivity index (χ3v) is 6.26. The summed E-state index contributed by atoms with van der Waals surface area (Å²) in [5.74, 6) is 0. The van der Waals surface area contributed by atoms with Gasteiger partial charge < -0.3 is 24.2 Å². The van der Waals surface area contributed by atoms with Crippen molar-refractivity contribution in [3.63, 3.8) is 0 Å². The minimum absolute atomic E-state index is 0.0979. The molecule has 28 heavy (non-hydrogen) atoms. The smallest absolute Gasteiger partial charge is 0.465 e. The number of aromatic nitrogens is 1. The van der Waals surface area contributed by atoms with Gasteiger partial charge in [-0.1, -0.05) is 20.8 Å². The first-order chi connectivity index (χ1) is 12.8. The van der Waals surface area contributed by atoms with Crippen LogP contribution in [0.5, 0.6) is 0 Å². The van der Waals surface area contributed by atoms with E-state index in [4.69, 9.17) is 9.31 Å². The van der Waals surface area contributed by atoms with Gasteiger partial charge in [0.25, 0.3) is 0 Å². The predicted octanol–water partition coefficient (Wildman–Crippen LogP) is 2.60. The SMILES string of the molecule is CC(C)(C)C1CN(c2cncc(B3OC(C)(C)C(C)(C)O3)c2)CCN1C(=O)O. The highest BCUT2D eigenvalue weighted by molar-refractivity contribution is 6.62. The van der Waals surface area contributed by atoms with Crippen molar-refractivity contribution in [2.24, 2.45) is 5.41 Å². The van der Waals surface area contributed by atoms with Gasteiger partial charge in [-0.05, 0) is 39.2 Å². The van der Waals surface area contributed by atoms with Crippen molar-refractivity contribution in [2.75, 3.05) is 24.5 Å². The zero-order chi connectivity index (χ0) is 20.9. The fourth-order valence-corrected chi connectivity index (χ4v) is 3.71. The summed E-state index contributed by atoms with van der Waals surface area (Å²) in [5, 5.41) is 9.58. The molecule has 2 aliphatic heterocycles. The Hall–Kier alpha value is -1.80. The molecule has 0 aromatic carbocycles. The molecule has 154 valence electrons. The number of anilines is 1. The molecule has 0 spiro atoms. The molecule has 1 N–H and O–H groups in total. The minimum Gasteiger partial charge on any atom is -0.465 e. The topological polar surface area (TPSA) is 75.1 Å². The molecule has 1 unspecified atom stereocenters. The van der Waals surface area contributed by atoms with E-state index in [9.17, 15) is 9.90 Å². The second-order valence-electron chi connectivity index (χ2n) is 9.87. The van der Waals surface area contributed by atoms with Gasteiger partial charge in [-0.25, -0.2) is 4.79 Å². The van der Waals surface area contributed by atoms with Crippen molar-refractivity contribution in [2.45, 2.75) is 65.7 Å². The Kier molecular flexibility index (Phi) is 5.17. The third-order valence-electron chi connectivity index (χ3n) is 6.26. The number of piperazine rings is 1. The standard InChI is InChI=1S/C20H32BN3O4/c1-18(2,3)16-13-23(8-9-24(16)17(25)26)15-10-14(11-22-12-15)21-27-19(4,5)20(6,7)28-21/h10-12,16H,8-9,13H2,1-7H3,(H,25,26). The summed E-state index contributed by atoms with van der Waals surface area (Å²) in [4.78, 5) is 19.8. The molecule has 0 aliphatic carbocycles. The quantitative estimate of drug-likeness (QED) is 0.784. The van der Waals surface area contributed by atoms with E-state index in [2.05, 4.69) is 30.7 Å². The van der Waals surface area contributed by atoms with Gasteiger partial charge in [0.2, 0.25) is 0 Å². The van der Waals surface area contributed by atoms with E-state index in [0.717, 1.165) is 11.2 Å². The Morgan fingerprint density at radius 3 is 2.32 bits per heavy atom. The highest BCUT2D eigenvalue weighted by Gasteiger charge is 2.52. The van der Waals surface area contributed by atoms with E-state index in [1.165, 1.54) is 0 Å². The fraction of sp³-hybridized carbons (Fsp3) is 0.700. The Bertz CT molecular complexity index is 731. The third kappa shape index (κ3) is 3.85. The Labute approximate surface area is 168 Å². The van der Waals surface area contributed by atoms with Gasteiger partial charge in [-0.15, -0.1) is 0 Å². The predicted molar refractivity (Wildman–Crippen MR) is 110 cm³/mol. The van der Waals surface area contributed by atoms with Crippen LogP contribution in [0.1, 0.15) is 48.5 Å². The zero-order valence-electron chi connectivity index (χ0n) is 18.0. The molecule has 1 aromatic heterocycles. The van der Waals surface area contributed by atoms with Crippen LogP contribution in [0, 0.1) is 5.41 Å². The van der Waals surface area contributed by atoms with Gasteiger partial charge in [0.15, 0.2) is 0 Å². The second-order valence-corrected chi connectivity index (χ2v) is 9.87. The van der Waals surface area contributed by atoms with Gasteiger partial charge in [0.05, 0.1) is 29.1 Å². The summed E-state index contributed by atoms with van der Waals surface area (Å²) < 4.78 is 12.3. The molecule has 0 saturated carbocycles. The van der Waals surface area contributed by atoms with Crippen molar-refractivity contribution < 1.29 is 19.2 Å². The summed E-state index contributed by atoms with van der Waals surface area (Å²) in [6.45, 7) is 16.1. The molecule has 1 amide bonds. The van der Waals surface area contributed by atoms with E-state index in [0.29, 0.717) is 19.6 Å². The lowest BCUT2D eigenvalue weighted by atomic mass is 9.80. The Balaban J connectivity index is 1.82. The largest absolute Gasteiger partial charge is 0.496 e. The number of carboxylic acid groups (broad SMARTS) is 1. The summed E-state index contributed by atoms with van der Waals surface area (Å²) in [5.41, 5.74) is 0.875. The molecular weight excluding hydrogens is 357 g/mol. The number of pyridine rings is 1. The average molecular weight is 389 g/mol. The first-order valence-electron chi connectivity index (χ1n) is 9.87. The van der Waals surface area contributed by atoms with Crippen LogP contribution in [0.15, 0.2) is 18.5 Å². The van der Waals surface area contributed by atoms with Crippen LogP contribution < -0.4 is 10.4 Å². The lowest BCUT2D eigenvalue weighted by Gasteiger charge is -2.46. The Morgan fingerprint density at radius 1 is 1.18 bits per heavy atom. The molecule has 3 rings (SSSR count). The van der Waals surface area contributed by atoms with Crippen LogP contribution >= 0.6 is 0 Å². The highest BCUT2D eigenvalue weighted by atomic mass is 16.7. The molecular formula is C20H32BN3O4. The van der Waals surface area contributed by atoms with Gasteiger partial charge in [0.1, 0.15) is 0 Å². The first-order valence-corrected chi connectivity index (χ1v) is 9.87. The molecule has 0 bridgehead atoms. The van der Waals surface area contributed by atoms with Gasteiger partial charge >= 0.3 is 13.2 Å². The van der Waals surface area contributed by atoms with Gasteiger partial charge in [-0.3, -0.25) is 4.98 Å². The van der Waals surface area contributed by atoms with Crippen LogP contribution in [0.3, 0.4) is 0 Å². The van der Waals surface area contributed by atoms with E-state index < -0.39 is 24.4 Å². The number of rotatable bonds is 2. The van der Waals surface area contributed by atoms with Crippen LogP contribution in [0.4, 0.5) is 10.5 Å². The summed E-state index contributed by atoms with van der Waals surface area (Å²) in [6, 6.07) is 1.95. The molecule has 0 radical (unpaired) electrons. The van der Waals surface area contributed by atoms with Crippen molar-refractivity contribution in [1.82, 2.24) is 9.88 Å². The summed E-state index contributed by atoms with van der Waals surface area (Å²) in [6.07, 6.45) is 2.74. The maximum absolute atomic E-state index is 11.7.